The summed E-state index contributed by atoms with van der Waals surface area (Å²) in [6.45, 7) is -0.877. The van der Waals surface area contributed by atoms with Gasteiger partial charge in [0.05, 0.1) is 5.02 Å². The molecule has 0 unspecified atom stereocenters. The summed E-state index contributed by atoms with van der Waals surface area (Å²) in [5, 5.41) is 11.9. The molecule has 0 saturated heterocycles. The molecule has 0 amide bonds. The van der Waals surface area contributed by atoms with Crippen LogP contribution in [-0.2, 0) is 0 Å². The van der Waals surface area contributed by atoms with E-state index in [1.54, 1.807) is 6.07 Å². The smallest absolute Gasteiger partial charge is 0.135 e. The van der Waals surface area contributed by atoms with Gasteiger partial charge in [-0.15, -0.1) is 0 Å². The van der Waals surface area contributed by atoms with Crippen LogP contribution in [0, 0.1) is 0 Å². The first kappa shape index (κ1) is 10.3. The summed E-state index contributed by atoms with van der Waals surface area (Å²) >= 11 is 11.4. The van der Waals surface area contributed by atoms with Crippen molar-refractivity contribution in [3.05, 3.63) is 33.8 Å². The Morgan fingerprint density at radius 2 is 2.15 bits per heavy atom. The molecule has 0 aliphatic rings. The van der Waals surface area contributed by atoms with Crippen LogP contribution in [0.25, 0.3) is 0 Å². The van der Waals surface area contributed by atoms with Crippen molar-refractivity contribution < 1.29 is 9.60 Å². The van der Waals surface area contributed by atoms with Crippen molar-refractivity contribution in [1.82, 2.24) is 0 Å². The lowest BCUT2D eigenvalue weighted by molar-refractivity contribution is 0.316. The van der Waals surface area contributed by atoms with Gasteiger partial charge in [0.1, 0.15) is 12.4 Å². The first-order valence-electron chi connectivity index (χ1n) is 3.41. The molecule has 13 heavy (non-hydrogen) atoms. The van der Waals surface area contributed by atoms with Crippen LogP contribution in [0.15, 0.2) is 23.4 Å². The first-order valence-corrected chi connectivity index (χ1v) is 4.17. The van der Waals surface area contributed by atoms with Gasteiger partial charge in [-0.3, -0.25) is 0 Å². The molecule has 0 aromatic heterocycles. The molecule has 0 spiro atoms. The van der Waals surface area contributed by atoms with Crippen molar-refractivity contribution in [2.75, 3.05) is 6.67 Å². The molecule has 5 heteroatoms. The molecule has 0 saturated carbocycles. The van der Waals surface area contributed by atoms with E-state index in [9.17, 15) is 4.39 Å². The molecule has 2 nitrogen and oxygen atoms in total. The Morgan fingerprint density at radius 3 is 2.62 bits per heavy atom. The highest BCUT2D eigenvalue weighted by Gasteiger charge is 2.08. The van der Waals surface area contributed by atoms with Crippen LogP contribution in [0.1, 0.15) is 5.56 Å². The van der Waals surface area contributed by atoms with E-state index < -0.39 is 6.67 Å². The summed E-state index contributed by atoms with van der Waals surface area (Å²) in [4.78, 5) is 0. The molecule has 0 fully saturated rings. The van der Waals surface area contributed by atoms with Crippen molar-refractivity contribution >= 4 is 28.9 Å². The predicted molar refractivity (Wildman–Crippen MR) is 50.8 cm³/mol. The van der Waals surface area contributed by atoms with Gasteiger partial charge < -0.3 is 5.21 Å². The highest BCUT2D eigenvalue weighted by Crippen LogP contribution is 2.21. The van der Waals surface area contributed by atoms with Crippen molar-refractivity contribution in [2.24, 2.45) is 5.16 Å². The molecule has 1 aromatic carbocycles. The fourth-order valence-electron chi connectivity index (χ4n) is 0.876. The summed E-state index contributed by atoms with van der Waals surface area (Å²) in [5.41, 5.74) is 0.234. The van der Waals surface area contributed by atoms with Crippen LogP contribution >= 0.6 is 23.2 Å². The topological polar surface area (TPSA) is 32.6 Å². The van der Waals surface area contributed by atoms with Crippen molar-refractivity contribution in [3.8, 4) is 0 Å². The van der Waals surface area contributed by atoms with Crippen LogP contribution in [0.3, 0.4) is 0 Å². The van der Waals surface area contributed by atoms with Crippen molar-refractivity contribution in [2.45, 2.75) is 0 Å². The zero-order valence-corrected chi connectivity index (χ0v) is 7.98. The van der Waals surface area contributed by atoms with Crippen LogP contribution < -0.4 is 0 Å². The second-order valence-electron chi connectivity index (χ2n) is 2.30. The molecule has 1 aromatic rings. The minimum absolute atomic E-state index is 0.110. The van der Waals surface area contributed by atoms with E-state index in [0.29, 0.717) is 10.6 Å². The summed E-state index contributed by atoms with van der Waals surface area (Å²) in [6.07, 6.45) is 0. The van der Waals surface area contributed by atoms with Gasteiger partial charge in [0.15, 0.2) is 0 Å². The minimum atomic E-state index is -0.877. The van der Waals surface area contributed by atoms with Gasteiger partial charge >= 0.3 is 0 Å². The number of oxime groups is 1. The Kier molecular flexibility index (Phi) is 3.51. The van der Waals surface area contributed by atoms with E-state index in [0.717, 1.165) is 0 Å². The number of hydrogen-bond donors (Lipinski definition) is 1. The quantitative estimate of drug-likeness (QED) is 0.465. The SMILES string of the molecule is ON=C(CF)c1ccc(Cl)cc1Cl. The summed E-state index contributed by atoms with van der Waals surface area (Å²) in [6, 6.07) is 4.50. The molecule has 0 aliphatic heterocycles. The van der Waals surface area contributed by atoms with Crippen LogP contribution in [0.4, 0.5) is 4.39 Å². The largest absolute Gasteiger partial charge is 0.411 e. The minimum Gasteiger partial charge on any atom is -0.411 e. The molecule has 0 radical (unpaired) electrons. The average molecular weight is 222 g/mol. The molecule has 1 rings (SSSR count). The van der Waals surface area contributed by atoms with Crippen molar-refractivity contribution in [3.63, 3.8) is 0 Å². The maximum Gasteiger partial charge on any atom is 0.135 e. The third kappa shape index (κ3) is 2.32. The lowest BCUT2D eigenvalue weighted by atomic mass is 10.1. The number of benzene rings is 1. The summed E-state index contributed by atoms with van der Waals surface area (Å²) < 4.78 is 12.2. The number of hydrogen-bond acceptors (Lipinski definition) is 2. The number of alkyl halides is 1. The monoisotopic (exact) mass is 221 g/mol. The van der Waals surface area contributed by atoms with E-state index in [2.05, 4.69) is 5.16 Å². The zero-order chi connectivity index (χ0) is 9.84. The Morgan fingerprint density at radius 1 is 1.46 bits per heavy atom. The fraction of sp³-hybridized carbons (Fsp3) is 0.125. The standard InChI is InChI=1S/C8H6Cl2FNO/c9-5-1-2-6(7(10)3-5)8(4-11)12-13/h1-3,13H,4H2. The van der Waals surface area contributed by atoms with Gasteiger partial charge in [0.25, 0.3) is 0 Å². The summed E-state index contributed by atoms with van der Waals surface area (Å²) in [5.74, 6) is 0. The maximum absolute atomic E-state index is 12.2. The van der Waals surface area contributed by atoms with Gasteiger partial charge in [0, 0.05) is 10.6 Å². The molecular weight excluding hydrogens is 216 g/mol. The van der Waals surface area contributed by atoms with Crippen LogP contribution in [-0.4, -0.2) is 17.6 Å². The normalized spacial score (nSPS) is 11.8. The Labute approximate surface area is 84.6 Å². The number of rotatable bonds is 2. The van der Waals surface area contributed by atoms with E-state index in [1.165, 1.54) is 12.1 Å². The van der Waals surface area contributed by atoms with E-state index in [-0.39, 0.29) is 10.7 Å². The predicted octanol–water partition coefficient (Wildman–Crippen LogP) is 3.14. The Bertz CT molecular complexity index is 341. The van der Waals surface area contributed by atoms with Gasteiger partial charge in [-0.05, 0) is 18.2 Å². The second kappa shape index (κ2) is 4.44. The average Bonchev–Trinajstić information content (AvgIpc) is 2.10. The molecule has 0 heterocycles. The molecular formula is C8H6Cl2FNO. The van der Waals surface area contributed by atoms with Gasteiger partial charge in [-0.25, -0.2) is 4.39 Å². The fourth-order valence-corrected chi connectivity index (χ4v) is 1.39. The third-order valence-electron chi connectivity index (χ3n) is 1.49. The number of nitrogens with zero attached hydrogens (tertiary/aromatic N) is 1. The maximum atomic E-state index is 12.2. The van der Waals surface area contributed by atoms with Gasteiger partial charge in [0.2, 0.25) is 0 Å². The summed E-state index contributed by atoms with van der Waals surface area (Å²) in [7, 11) is 0. The van der Waals surface area contributed by atoms with Crippen molar-refractivity contribution in [1.29, 1.82) is 0 Å². The lowest BCUT2D eigenvalue weighted by Crippen LogP contribution is -2.03. The van der Waals surface area contributed by atoms with E-state index in [1.807, 2.05) is 0 Å². The second-order valence-corrected chi connectivity index (χ2v) is 3.15. The van der Waals surface area contributed by atoms with Crippen LogP contribution in [0.2, 0.25) is 10.0 Å². The Hall–Kier alpha value is -0.800. The first-order chi connectivity index (χ1) is 6.19. The molecule has 1 N–H and O–H groups in total. The third-order valence-corrected chi connectivity index (χ3v) is 2.04. The van der Waals surface area contributed by atoms with Crippen LogP contribution in [0.5, 0.6) is 0 Å². The lowest BCUT2D eigenvalue weighted by Gasteiger charge is -2.02. The number of halogens is 3. The molecule has 0 aliphatic carbocycles. The highest BCUT2D eigenvalue weighted by atomic mass is 35.5. The zero-order valence-electron chi connectivity index (χ0n) is 6.47. The molecule has 0 atom stereocenters. The van der Waals surface area contributed by atoms with Gasteiger partial charge in [-0.2, -0.15) is 0 Å². The Balaban J connectivity index is 3.15. The van der Waals surface area contributed by atoms with Gasteiger partial charge in [-0.1, -0.05) is 28.4 Å². The van der Waals surface area contributed by atoms with E-state index >= 15 is 0 Å². The highest BCUT2D eigenvalue weighted by molar-refractivity contribution is 6.37. The molecule has 0 bridgehead atoms. The molecule has 70 valence electrons. The van der Waals surface area contributed by atoms with E-state index in [4.69, 9.17) is 28.4 Å².